The molecule has 12 heteroatoms. The van der Waals surface area contributed by atoms with Crippen LogP contribution < -0.4 is 5.32 Å². The van der Waals surface area contributed by atoms with Gasteiger partial charge in [-0.25, -0.2) is 4.79 Å². The summed E-state index contributed by atoms with van der Waals surface area (Å²) in [6, 6.07) is 0. The van der Waals surface area contributed by atoms with Gasteiger partial charge in [-0.1, -0.05) is 116 Å². The quantitative estimate of drug-likeness (QED) is 0.106. The van der Waals surface area contributed by atoms with E-state index in [0.717, 1.165) is 12.6 Å². The molecule has 356 valence electrons. The molecule has 0 aliphatic rings. The van der Waals surface area contributed by atoms with Crippen LogP contribution in [0.5, 0.6) is 0 Å². The van der Waals surface area contributed by atoms with E-state index in [4.69, 9.17) is 18.0 Å². The number of amides is 1. The van der Waals surface area contributed by atoms with E-state index >= 15 is 0 Å². The molecular formula is C51H82N2O10. The van der Waals surface area contributed by atoms with Gasteiger partial charge in [0.05, 0.1) is 6.61 Å². The average molecular weight is 883 g/mol. The Morgan fingerprint density at radius 1 is 0.587 bits per heavy atom. The van der Waals surface area contributed by atoms with Crippen LogP contribution in [0.25, 0.3) is 0 Å². The molecular weight excluding hydrogens is 801 g/mol. The van der Waals surface area contributed by atoms with Crippen molar-refractivity contribution < 1.29 is 48.2 Å². The number of hydrogen-bond acceptors (Lipinski definition) is 11. The van der Waals surface area contributed by atoms with Crippen LogP contribution in [0, 0.1) is 63.6 Å². The summed E-state index contributed by atoms with van der Waals surface area (Å²) < 4.78 is 4.63. The molecule has 0 aromatic rings. The minimum atomic E-state index is -0.472. The molecule has 1 amide bonds. The lowest BCUT2D eigenvalue weighted by molar-refractivity contribution is -0.137. The van der Waals surface area contributed by atoms with E-state index in [9.17, 15) is 38.4 Å². The van der Waals surface area contributed by atoms with Gasteiger partial charge in [-0.2, -0.15) is 0 Å². The van der Waals surface area contributed by atoms with E-state index in [2.05, 4.69) is 27.8 Å². The maximum atomic E-state index is 11.3. The Hall–Kier alpha value is -5.22. The maximum Gasteiger partial charge on any atom is 0.330 e. The van der Waals surface area contributed by atoms with Gasteiger partial charge < -0.3 is 20.1 Å². The number of nitrogens with one attached hydrogen (secondary N) is 1. The van der Waals surface area contributed by atoms with Crippen LogP contribution in [0.15, 0.2) is 36.5 Å². The average Bonchev–Trinajstić information content (AvgIpc) is 3.09. The van der Waals surface area contributed by atoms with E-state index in [-0.39, 0.29) is 69.0 Å². The van der Waals surface area contributed by atoms with Gasteiger partial charge in [0.1, 0.15) is 6.61 Å². The molecule has 0 rings (SSSR count). The Morgan fingerprint density at radius 3 is 1.21 bits per heavy atom. The number of ketones is 6. The number of aliphatic hydroxyl groups excluding tert-OH is 1. The molecule has 0 atom stereocenters. The monoisotopic (exact) mass is 883 g/mol. The van der Waals surface area contributed by atoms with Crippen LogP contribution in [-0.4, -0.2) is 96.0 Å². The molecule has 0 bridgehead atoms. The summed E-state index contributed by atoms with van der Waals surface area (Å²) >= 11 is 0. The topological polar surface area (TPSA) is 181 Å². The molecule has 2 N–H and O–H groups in total. The predicted molar refractivity (Wildman–Crippen MR) is 256 cm³/mol. The molecule has 0 aromatic carbocycles. The number of carbonyl (C=O) groups is 8. The zero-order valence-corrected chi connectivity index (χ0v) is 42.8. The zero-order valence-electron chi connectivity index (χ0n) is 42.8. The number of likely N-dealkylation sites (N-methyl/N-ethyl adjacent to an activating group) is 1. The third-order valence-electron chi connectivity index (χ3n) is 6.48. The van der Waals surface area contributed by atoms with Crippen molar-refractivity contribution in [2.24, 2.45) is 27.1 Å². The second-order valence-electron chi connectivity index (χ2n) is 20.1. The Kier molecular flexibility index (Phi) is 36.8. The first-order valence-corrected chi connectivity index (χ1v) is 20.4. The van der Waals surface area contributed by atoms with E-state index in [0.29, 0.717) is 6.61 Å². The molecule has 63 heavy (non-hydrogen) atoms. The third kappa shape index (κ3) is 52.9. The first-order valence-electron chi connectivity index (χ1n) is 20.4. The van der Waals surface area contributed by atoms with Crippen LogP contribution in [0.3, 0.4) is 0 Å². The first-order chi connectivity index (χ1) is 28.0. The molecule has 0 saturated carbocycles. The molecule has 0 heterocycles. The van der Waals surface area contributed by atoms with Crippen molar-refractivity contribution in [1.82, 2.24) is 10.2 Å². The van der Waals surface area contributed by atoms with Gasteiger partial charge in [-0.15, -0.1) is 12.8 Å². The normalized spacial score (nSPS) is 11.3. The lowest BCUT2D eigenvalue weighted by atomic mass is 9.90. The van der Waals surface area contributed by atoms with Crippen molar-refractivity contribution >= 4 is 46.6 Å². The zero-order chi connectivity index (χ0) is 51.8. The second-order valence-corrected chi connectivity index (χ2v) is 20.1. The Balaban J connectivity index is -0.000000156. The number of nitrogens with zero attached hydrogens (tertiary/aromatic N) is 1. The summed E-state index contributed by atoms with van der Waals surface area (Å²) in [5.74, 6) is 7.56. The molecule has 0 fully saturated rings. The maximum absolute atomic E-state index is 11.3. The Bertz CT molecular complexity index is 1710. The van der Waals surface area contributed by atoms with Crippen LogP contribution >= 0.6 is 0 Å². The largest absolute Gasteiger partial charge is 0.463 e. The third-order valence-corrected chi connectivity index (χ3v) is 6.48. The van der Waals surface area contributed by atoms with Crippen LogP contribution in [0.2, 0.25) is 0 Å². The highest BCUT2D eigenvalue weighted by Crippen LogP contribution is 2.17. The van der Waals surface area contributed by atoms with E-state index in [1.807, 2.05) is 93.3 Å². The highest BCUT2D eigenvalue weighted by Gasteiger charge is 2.21. The van der Waals surface area contributed by atoms with Crippen LogP contribution in [0.1, 0.15) is 138 Å². The number of carbonyl (C=O) groups excluding carboxylic acids is 8. The fourth-order valence-corrected chi connectivity index (χ4v) is 2.55. The highest BCUT2D eigenvalue weighted by atomic mass is 16.5. The van der Waals surface area contributed by atoms with E-state index in [1.54, 1.807) is 75.3 Å². The standard InChI is InChI=1S/C10H19NO.C10H16O3.C9H14O2.C8H12O2.C7H11NO.C7H10O/c1-10(2,3)9(12)7-6-8-11(4)5;1-5-13-9(12)7-6-8(11)10(2,3)4;1-7(10)5-6-8(11)9(2,3)4;1-8(2,3)7(10)5-4-6-9;1-5-6(9)8-7(2,3)4;1-5-6(8)7(2,3)4/h6-7H,8H2,1-5H3;6-7H,5H2,1-4H3;5-6H,1-4H3;9H,6H2,1-3H3;1H,2-4H3,(H,8,9);1H,2-4H3/b2*7-6+;6-5+;;;. The molecule has 0 radical (unpaired) electrons. The van der Waals surface area contributed by atoms with Crippen molar-refractivity contribution in [2.75, 3.05) is 33.9 Å². The summed E-state index contributed by atoms with van der Waals surface area (Å²) in [5.41, 5.74) is -2.07. The number of allylic oxidation sites excluding steroid dienone is 4. The number of aliphatic hydroxyl groups is 1. The molecule has 0 spiro atoms. The predicted octanol–water partition coefficient (Wildman–Crippen LogP) is 7.55. The molecule has 0 aromatic heterocycles. The number of hydrogen-bond donors (Lipinski definition) is 2. The molecule has 0 aliphatic heterocycles. The van der Waals surface area contributed by atoms with E-state index in [1.165, 1.54) is 25.2 Å². The van der Waals surface area contributed by atoms with Crippen LogP contribution in [0.4, 0.5) is 0 Å². The second kappa shape index (κ2) is 33.4. The summed E-state index contributed by atoms with van der Waals surface area (Å²) in [4.78, 5) is 89.0. The SMILES string of the molecule is C#CC(=O)C(C)(C)C.C#CC(=O)NC(C)(C)C.CC(=O)/C=C/C(=O)C(C)(C)C.CC(C)(C)C(=O)C#CCO.CCOC(=O)/C=C/C(=O)C(C)(C)C.CN(C)C/C=C/C(=O)C(C)(C)C. The molecule has 0 aliphatic carbocycles. The van der Waals surface area contributed by atoms with Gasteiger partial charge in [0.2, 0.25) is 11.6 Å². The summed E-state index contributed by atoms with van der Waals surface area (Å²) in [6.07, 6.45) is 18.3. The minimum Gasteiger partial charge on any atom is -0.463 e. The number of rotatable bonds is 8. The van der Waals surface area contributed by atoms with Gasteiger partial charge >= 0.3 is 5.97 Å². The van der Waals surface area contributed by atoms with Crippen molar-refractivity contribution in [3.05, 3.63) is 36.5 Å². The highest BCUT2D eigenvalue weighted by molar-refractivity contribution is 6.01. The lowest BCUT2D eigenvalue weighted by Gasteiger charge is -2.17. The Labute approximate surface area is 381 Å². The van der Waals surface area contributed by atoms with Crippen molar-refractivity contribution in [2.45, 2.75) is 144 Å². The fraction of sp³-hybridized carbons (Fsp3) is 0.608. The molecule has 12 nitrogen and oxygen atoms in total. The van der Waals surface area contributed by atoms with Gasteiger partial charge in [-0.3, -0.25) is 33.6 Å². The number of ether oxygens (including phenoxy) is 1. The number of esters is 1. The molecule has 0 unspecified atom stereocenters. The van der Waals surface area contributed by atoms with Crippen molar-refractivity contribution in [3.8, 4) is 36.5 Å². The van der Waals surface area contributed by atoms with Crippen molar-refractivity contribution in [3.63, 3.8) is 0 Å². The van der Waals surface area contributed by atoms with Crippen LogP contribution in [-0.2, 0) is 43.1 Å². The number of terminal acetylenes is 2. The smallest absolute Gasteiger partial charge is 0.330 e. The Morgan fingerprint density at radius 2 is 0.968 bits per heavy atom. The summed E-state index contributed by atoms with van der Waals surface area (Å²) in [5, 5.41) is 10.8. The lowest BCUT2D eigenvalue weighted by Crippen LogP contribution is -2.39. The molecule has 0 saturated heterocycles. The van der Waals surface area contributed by atoms with Crippen molar-refractivity contribution in [1.29, 1.82) is 0 Å². The minimum absolute atomic E-state index is 0.0206. The fourth-order valence-electron chi connectivity index (χ4n) is 2.55. The van der Waals surface area contributed by atoms with E-state index < -0.39 is 16.8 Å². The first kappa shape index (κ1) is 69.5. The van der Waals surface area contributed by atoms with Gasteiger partial charge in [0.25, 0.3) is 5.91 Å². The summed E-state index contributed by atoms with van der Waals surface area (Å²) in [7, 11) is 3.96. The van der Waals surface area contributed by atoms with Gasteiger partial charge in [0.15, 0.2) is 23.1 Å². The van der Waals surface area contributed by atoms with Gasteiger partial charge in [0, 0.05) is 45.2 Å². The summed E-state index contributed by atoms with van der Waals surface area (Å²) in [6.45, 7) is 37.1. The van der Waals surface area contributed by atoms with Gasteiger partial charge in [-0.05, 0) is 90.8 Å². The number of Topliss-reactive ketones (excluding diaryl/α,β-unsaturated/α-hetero) is 2.